The van der Waals surface area contributed by atoms with E-state index >= 15 is 0 Å². The number of hydrogen-bond donors (Lipinski definition) is 1. The molecule has 2 fully saturated rings. The van der Waals surface area contributed by atoms with Crippen LogP contribution in [-0.2, 0) is 4.79 Å². The molecule has 1 saturated carbocycles. The Labute approximate surface area is 125 Å². The zero-order valence-electron chi connectivity index (χ0n) is 12.7. The van der Waals surface area contributed by atoms with Gasteiger partial charge in [0.1, 0.15) is 12.0 Å². The molecule has 0 bridgehead atoms. The summed E-state index contributed by atoms with van der Waals surface area (Å²) in [6.45, 7) is 4.98. The number of amides is 1. The smallest absolute Gasteiger partial charge is 0.241 e. The zero-order chi connectivity index (χ0) is 15.0. The van der Waals surface area contributed by atoms with E-state index in [9.17, 15) is 9.18 Å². The molecule has 1 N–H and O–H groups in total. The molecule has 1 aliphatic heterocycles. The molecule has 114 valence electrons. The summed E-state index contributed by atoms with van der Waals surface area (Å²) in [4.78, 5) is 14.5. The normalized spacial score (nSPS) is 27.2. The van der Waals surface area contributed by atoms with Gasteiger partial charge in [0.25, 0.3) is 0 Å². The third-order valence-corrected chi connectivity index (χ3v) is 4.74. The maximum atomic E-state index is 13.5. The number of nitrogens with zero attached hydrogens (tertiary/aromatic N) is 1. The number of hydrogen-bond acceptors (Lipinski definition) is 2. The molecule has 1 heterocycles. The van der Waals surface area contributed by atoms with Gasteiger partial charge in [0, 0.05) is 6.54 Å². The second-order valence-electron chi connectivity index (χ2n) is 6.39. The van der Waals surface area contributed by atoms with E-state index in [1.165, 1.54) is 25.0 Å². The van der Waals surface area contributed by atoms with E-state index in [0.29, 0.717) is 5.92 Å². The van der Waals surface area contributed by atoms with Crippen LogP contribution in [0, 0.1) is 17.7 Å². The second-order valence-corrected chi connectivity index (χ2v) is 6.39. The first-order valence-corrected chi connectivity index (χ1v) is 7.92. The molecule has 4 heteroatoms. The Morgan fingerprint density at radius 3 is 2.81 bits per heavy atom. The predicted octanol–water partition coefficient (Wildman–Crippen LogP) is 3.08. The van der Waals surface area contributed by atoms with Gasteiger partial charge in [-0.05, 0) is 48.8 Å². The maximum Gasteiger partial charge on any atom is 0.241 e. The zero-order valence-corrected chi connectivity index (χ0v) is 12.7. The minimum atomic E-state index is -0.253. The van der Waals surface area contributed by atoms with Crippen LogP contribution in [0.2, 0.25) is 0 Å². The minimum Gasteiger partial charge on any atom is -0.321 e. The fraction of sp³-hybridized carbons (Fsp3) is 0.588. The van der Waals surface area contributed by atoms with E-state index in [2.05, 4.69) is 12.2 Å². The van der Waals surface area contributed by atoms with E-state index in [1.807, 2.05) is 17.9 Å². The Bertz CT molecular complexity index is 529. The van der Waals surface area contributed by atoms with Crippen LogP contribution < -0.4 is 5.32 Å². The summed E-state index contributed by atoms with van der Waals surface area (Å²) >= 11 is 0. The highest BCUT2D eigenvalue weighted by molar-refractivity contribution is 5.84. The summed E-state index contributed by atoms with van der Waals surface area (Å²) in [5.41, 5.74) is 0.835. The lowest BCUT2D eigenvalue weighted by Crippen LogP contribution is -2.35. The van der Waals surface area contributed by atoms with Crippen molar-refractivity contribution >= 4 is 5.91 Å². The summed E-state index contributed by atoms with van der Waals surface area (Å²) in [5, 5.41) is 3.36. The molecule has 3 unspecified atom stereocenters. The second kappa shape index (κ2) is 5.76. The van der Waals surface area contributed by atoms with Crippen molar-refractivity contribution in [3.8, 4) is 0 Å². The molecule has 0 radical (unpaired) electrons. The maximum absolute atomic E-state index is 13.5. The first-order chi connectivity index (χ1) is 10.1. The molecule has 3 atom stereocenters. The van der Waals surface area contributed by atoms with Gasteiger partial charge in [0.15, 0.2) is 0 Å². The first-order valence-electron chi connectivity index (χ1n) is 7.92. The molecule has 1 amide bonds. The van der Waals surface area contributed by atoms with Crippen molar-refractivity contribution in [1.29, 1.82) is 0 Å². The van der Waals surface area contributed by atoms with Crippen molar-refractivity contribution in [3.05, 3.63) is 35.6 Å². The summed E-state index contributed by atoms with van der Waals surface area (Å²) in [6, 6.07) is 6.41. The largest absolute Gasteiger partial charge is 0.321 e. The third-order valence-electron chi connectivity index (χ3n) is 4.74. The van der Waals surface area contributed by atoms with Crippen LogP contribution in [0.15, 0.2) is 24.3 Å². The van der Waals surface area contributed by atoms with Crippen molar-refractivity contribution in [1.82, 2.24) is 10.2 Å². The van der Waals surface area contributed by atoms with Crippen LogP contribution in [0.1, 0.15) is 44.8 Å². The van der Waals surface area contributed by atoms with Crippen molar-refractivity contribution in [2.75, 3.05) is 6.54 Å². The summed E-state index contributed by atoms with van der Waals surface area (Å²) in [7, 11) is 0. The molecule has 21 heavy (non-hydrogen) atoms. The van der Waals surface area contributed by atoms with E-state index in [1.54, 1.807) is 6.07 Å². The van der Waals surface area contributed by atoms with Crippen LogP contribution in [0.25, 0.3) is 0 Å². The standard InChI is InChI=1S/C17H23FN2O/c1-3-15-17(21)20(10-11(2)12-7-8-12)16(19-15)13-5-4-6-14(18)9-13/h4-6,9,11-12,15-16,19H,3,7-8,10H2,1-2H3. The number of benzene rings is 1. The molecule has 1 aromatic carbocycles. The fourth-order valence-electron chi connectivity index (χ4n) is 3.24. The van der Waals surface area contributed by atoms with Gasteiger partial charge in [-0.25, -0.2) is 4.39 Å². The van der Waals surface area contributed by atoms with E-state index in [0.717, 1.165) is 24.4 Å². The van der Waals surface area contributed by atoms with Gasteiger partial charge in [0.2, 0.25) is 5.91 Å². The Balaban J connectivity index is 1.83. The minimum absolute atomic E-state index is 0.148. The van der Waals surface area contributed by atoms with Crippen LogP contribution in [-0.4, -0.2) is 23.4 Å². The SMILES string of the molecule is CCC1NC(c2cccc(F)c2)N(CC(C)C2CC2)C1=O. The Morgan fingerprint density at radius 2 is 2.19 bits per heavy atom. The number of carbonyl (C=O) groups excluding carboxylic acids is 1. The van der Waals surface area contributed by atoms with Gasteiger partial charge >= 0.3 is 0 Å². The van der Waals surface area contributed by atoms with Crippen LogP contribution >= 0.6 is 0 Å². The van der Waals surface area contributed by atoms with Crippen LogP contribution in [0.4, 0.5) is 4.39 Å². The Morgan fingerprint density at radius 1 is 1.43 bits per heavy atom. The molecule has 3 nitrogen and oxygen atoms in total. The molecule has 1 aliphatic carbocycles. The monoisotopic (exact) mass is 290 g/mol. The Hall–Kier alpha value is -1.42. The molecule has 1 saturated heterocycles. The highest BCUT2D eigenvalue weighted by Gasteiger charge is 2.41. The highest BCUT2D eigenvalue weighted by atomic mass is 19.1. The molecular formula is C17H23FN2O. The number of nitrogens with one attached hydrogen (secondary N) is 1. The number of rotatable bonds is 5. The van der Waals surface area contributed by atoms with Gasteiger partial charge in [0.05, 0.1) is 6.04 Å². The van der Waals surface area contributed by atoms with Crippen molar-refractivity contribution in [2.24, 2.45) is 11.8 Å². The van der Waals surface area contributed by atoms with Gasteiger partial charge in [-0.3, -0.25) is 10.1 Å². The average Bonchev–Trinajstić information content (AvgIpc) is 3.26. The third kappa shape index (κ3) is 2.95. The molecule has 2 aliphatic rings. The lowest BCUT2D eigenvalue weighted by molar-refractivity contribution is -0.130. The molecule has 1 aromatic rings. The summed E-state index contributed by atoms with van der Waals surface area (Å²) in [6.07, 6.45) is 3.12. The van der Waals surface area contributed by atoms with E-state index in [4.69, 9.17) is 0 Å². The van der Waals surface area contributed by atoms with Crippen LogP contribution in [0.5, 0.6) is 0 Å². The topological polar surface area (TPSA) is 32.3 Å². The first kappa shape index (κ1) is 14.5. The van der Waals surface area contributed by atoms with Crippen molar-refractivity contribution < 1.29 is 9.18 Å². The van der Waals surface area contributed by atoms with E-state index in [-0.39, 0.29) is 23.9 Å². The van der Waals surface area contributed by atoms with Crippen molar-refractivity contribution in [2.45, 2.75) is 45.3 Å². The lowest BCUT2D eigenvalue weighted by Gasteiger charge is -2.27. The molecule has 0 aromatic heterocycles. The molecule has 0 spiro atoms. The summed E-state index contributed by atoms with van der Waals surface area (Å²) < 4.78 is 13.5. The van der Waals surface area contributed by atoms with E-state index < -0.39 is 0 Å². The number of carbonyl (C=O) groups is 1. The highest BCUT2D eigenvalue weighted by Crippen LogP contribution is 2.38. The van der Waals surface area contributed by atoms with Gasteiger partial charge in [-0.1, -0.05) is 26.0 Å². The van der Waals surface area contributed by atoms with Crippen molar-refractivity contribution in [3.63, 3.8) is 0 Å². The number of halogens is 1. The van der Waals surface area contributed by atoms with Crippen LogP contribution in [0.3, 0.4) is 0 Å². The Kier molecular flexibility index (Phi) is 3.98. The van der Waals surface area contributed by atoms with Gasteiger partial charge in [-0.15, -0.1) is 0 Å². The fourth-order valence-corrected chi connectivity index (χ4v) is 3.24. The average molecular weight is 290 g/mol. The van der Waals surface area contributed by atoms with Gasteiger partial charge < -0.3 is 4.90 Å². The molecule has 3 rings (SSSR count). The quantitative estimate of drug-likeness (QED) is 0.904. The lowest BCUT2D eigenvalue weighted by atomic mass is 10.0. The molecular weight excluding hydrogens is 267 g/mol. The predicted molar refractivity (Wildman–Crippen MR) is 80.0 cm³/mol. The van der Waals surface area contributed by atoms with Gasteiger partial charge in [-0.2, -0.15) is 0 Å². The summed E-state index contributed by atoms with van der Waals surface area (Å²) in [5.74, 6) is 1.17.